The van der Waals surface area contributed by atoms with Gasteiger partial charge in [0.1, 0.15) is 5.03 Å². The van der Waals surface area contributed by atoms with Crippen LogP contribution in [0.2, 0.25) is 0 Å². The number of benzene rings is 1. The Bertz CT molecular complexity index is 831. The summed E-state index contributed by atoms with van der Waals surface area (Å²) in [6.45, 7) is 4.07. The molecule has 0 atom stereocenters. The SMILES string of the molecule is C=CCNC(=O)CSc1nc(-c2cccs2)nc2ccccc12. The third kappa shape index (κ3) is 3.78. The number of rotatable bonds is 6. The van der Waals surface area contributed by atoms with Crippen LogP contribution in [0.15, 0.2) is 59.5 Å². The van der Waals surface area contributed by atoms with E-state index >= 15 is 0 Å². The van der Waals surface area contributed by atoms with Gasteiger partial charge in [0.25, 0.3) is 0 Å². The van der Waals surface area contributed by atoms with E-state index in [0.717, 1.165) is 20.8 Å². The predicted molar refractivity (Wildman–Crippen MR) is 96.8 cm³/mol. The van der Waals surface area contributed by atoms with E-state index in [1.54, 1.807) is 17.4 Å². The maximum absolute atomic E-state index is 11.8. The van der Waals surface area contributed by atoms with Gasteiger partial charge in [-0.15, -0.1) is 17.9 Å². The molecule has 1 N–H and O–H groups in total. The summed E-state index contributed by atoms with van der Waals surface area (Å²) < 4.78 is 0. The fourth-order valence-corrected chi connectivity index (χ4v) is 3.55. The summed E-state index contributed by atoms with van der Waals surface area (Å²) in [5.41, 5.74) is 0.889. The number of nitrogens with zero attached hydrogens (tertiary/aromatic N) is 2. The van der Waals surface area contributed by atoms with Crippen molar-refractivity contribution in [3.05, 3.63) is 54.4 Å². The van der Waals surface area contributed by atoms with E-state index in [2.05, 4.69) is 21.9 Å². The lowest BCUT2D eigenvalue weighted by atomic mass is 10.2. The second-order valence-corrected chi connectivity index (χ2v) is 6.64. The Morgan fingerprint density at radius 1 is 1.26 bits per heavy atom. The minimum Gasteiger partial charge on any atom is -0.352 e. The molecule has 2 heterocycles. The van der Waals surface area contributed by atoms with Gasteiger partial charge in [0.15, 0.2) is 5.82 Å². The van der Waals surface area contributed by atoms with Gasteiger partial charge in [0.2, 0.25) is 5.91 Å². The fraction of sp³-hybridized carbons (Fsp3) is 0.118. The number of fused-ring (bicyclic) bond motifs is 1. The van der Waals surface area contributed by atoms with Crippen LogP contribution in [0.3, 0.4) is 0 Å². The lowest BCUT2D eigenvalue weighted by molar-refractivity contribution is -0.118. The van der Waals surface area contributed by atoms with Crippen LogP contribution in [0.5, 0.6) is 0 Å². The number of thiophene rings is 1. The Labute approximate surface area is 142 Å². The molecule has 0 aliphatic heterocycles. The highest BCUT2D eigenvalue weighted by atomic mass is 32.2. The molecule has 23 heavy (non-hydrogen) atoms. The summed E-state index contributed by atoms with van der Waals surface area (Å²) in [6, 6.07) is 11.8. The molecule has 0 spiro atoms. The zero-order chi connectivity index (χ0) is 16.1. The Hall–Kier alpha value is -2.18. The summed E-state index contributed by atoms with van der Waals surface area (Å²) in [5, 5.41) is 6.57. The molecular formula is C17H15N3OS2. The Morgan fingerprint density at radius 3 is 2.91 bits per heavy atom. The Balaban J connectivity index is 1.91. The fourth-order valence-electron chi connectivity index (χ4n) is 2.04. The van der Waals surface area contributed by atoms with Gasteiger partial charge in [0, 0.05) is 11.9 Å². The molecule has 0 radical (unpaired) electrons. The molecular weight excluding hydrogens is 326 g/mol. The molecule has 3 aromatic rings. The molecule has 0 fully saturated rings. The predicted octanol–water partition coefficient (Wildman–Crippen LogP) is 3.75. The maximum atomic E-state index is 11.8. The molecule has 0 saturated heterocycles. The highest BCUT2D eigenvalue weighted by Gasteiger charge is 2.11. The first kappa shape index (κ1) is 15.7. The van der Waals surface area contributed by atoms with E-state index in [9.17, 15) is 4.79 Å². The lowest BCUT2D eigenvalue weighted by Gasteiger charge is -2.07. The van der Waals surface area contributed by atoms with Gasteiger partial charge >= 0.3 is 0 Å². The molecule has 3 rings (SSSR count). The number of aromatic nitrogens is 2. The van der Waals surface area contributed by atoms with Crippen molar-refractivity contribution in [2.45, 2.75) is 5.03 Å². The van der Waals surface area contributed by atoms with Gasteiger partial charge in [-0.2, -0.15) is 0 Å². The van der Waals surface area contributed by atoms with Crippen molar-refractivity contribution in [3.8, 4) is 10.7 Å². The van der Waals surface area contributed by atoms with Crippen molar-refractivity contribution in [1.29, 1.82) is 0 Å². The number of nitrogens with one attached hydrogen (secondary N) is 1. The Kier molecular flexibility index (Phi) is 5.05. The van der Waals surface area contributed by atoms with Gasteiger partial charge in [-0.25, -0.2) is 9.97 Å². The summed E-state index contributed by atoms with van der Waals surface area (Å²) in [7, 11) is 0. The van der Waals surface area contributed by atoms with Gasteiger partial charge in [-0.3, -0.25) is 4.79 Å². The molecule has 2 aromatic heterocycles. The number of thioether (sulfide) groups is 1. The van der Waals surface area contributed by atoms with Crippen LogP contribution in [-0.4, -0.2) is 28.2 Å². The van der Waals surface area contributed by atoms with Crippen LogP contribution in [-0.2, 0) is 4.79 Å². The van der Waals surface area contributed by atoms with E-state index in [1.165, 1.54) is 11.8 Å². The van der Waals surface area contributed by atoms with Crippen LogP contribution in [0.25, 0.3) is 21.6 Å². The Morgan fingerprint density at radius 2 is 2.13 bits per heavy atom. The van der Waals surface area contributed by atoms with Crippen LogP contribution in [0.4, 0.5) is 0 Å². The number of carbonyl (C=O) groups excluding carboxylic acids is 1. The quantitative estimate of drug-likeness (QED) is 0.421. The summed E-state index contributed by atoms with van der Waals surface area (Å²) in [5.74, 6) is 0.988. The monoisotopic (exact) mass is 341 g/mol. The normalized spacial score (nSPS) is 10.6. The molecule has 0 aliphatic carbocycles. The van der Waals surface area contributed by atoms with Crippen LogP contribution < -0.4 is 5.32 Å². The van der Waals surface area contributed by atoms with Gasteiger partial charge in [0.05, 0.1) is 16.1 Å². The van der Waals surface area contributed by atoms with Gasteiger partial charge in [-0.1, -0.05) is 42.1 Å². The minimum absolute atomic E-state index is 0.0322. The molecule has 1 aromatic carbocycles. The largest absolute Gasteiger partial charge is 0.352 e. The lowest BCUT2D eigenvalue weighted by Crippen LogP contribution is -2.24. The number of para-hydroxylation sites is 1. The maximum Gasteiger partial charge on any atom is 0.230 e. The van der Waals surface area contributed by atoms with Crippen molar-refractivity contribution in [2.75, 3.05) is 12.3 Å². The minimum atomic E-state index is -0.0322. The van der Waals surface area contributed by atoms with Crippen LogP contribution in [0.1, 0.15) is 0 Å². The van der Waals surface area contributed by atoms with E-state index in [-0.39, 0.29) is 5.91 Å². The molecule has 0 unspecified atom stereocenters. The number of hydrogen-bond acceptors (Lipinski definition) is 5. The van der Waals surface area contributed by atoms with Crippen molar-refractivity contribution >= 4 is 39.9 Å². The van der Waals surface area contributed by atoms with Crippen LogP contribution >= 0.6 is 23.1 Å². The van der Waals surface area contributed by atoms with Crippen molar-refractivity contribution in [3.63, 3.8) is 0 Å². The molecule has 116 valence electrons. The topological polar surface area (TPSA) is 54.9 Å². The average Bonchev–Trinajstić information content (AvgIpc) is 3.12. The van der Waals surface area contributed by atoms with Crippen molar-refractivity contribution in [2.24, 2.45) is 0 Å². The number of hydrogen-bond donors (Lipinski definition) is 1. The molecule has 1 amide bonds. The standard InChI is InChI=1S/C17H15N3OS2/c1-2-9-18-15(21)11-23-17-12-6-3-4-7-13(12)19-16(20-17)14-8-5-10-22-14/h2-8,10H,1,9,11H2,(H,18,21). The summed E-state index contributed by atoms with van der Waals surface area (Å²) in [6.07, 6.45) is 1.66. The highest BCUT2D eigenvalue weighted by Crippen LogP contribution is 2.29. The zero-order valence-electron chi connectivity index (χ0n) is 12.4. The second kappa shape index (κ2) is 7.39. The highest BCUT2D eigenvalue weighted by molar-refractivity contribution is 8.00. The third-order valence-electron chi connectivity index (χ3n) is 3.09. The van der Waals surface area contributed by atoms with Crippen molar-refractivity contribution in [1.82, 2.24) is 15.3 Å². The van der Waals surface area contributed by atoms with E-state index in [1.807, 2.05) is 41.8 Å². The first-order valence-corrected chi connectivity index (χ1v) is 8.95. The third-order valence-corrected chi connectivity index (χ3v) is 4.95. The van der Waals surface area contributed by atoms with E-state index in [4.69, 9.17) is 0 Å². The summed E-state index contributed by atoms with van der Waals surface area (Å²) >= 11 is 3.03. The zero-order valence-corrected chi connectivity index (χ0v) is 14.0. The number of carbonyl (C=O) groups is 1. The second-order valence-electron chi connectivity index (χ2n) is 4.73. The van der Waals surface area contributed by atoms with Crippen molar-refractivity contribution < 1.29 is 4.79 Å². The molecule has 0 saturated carbocycles. The first-order chi connectivity index (χ1) is 11.3. The van der Waals surface area contributed by atoms with Gasteiger partial charge < -0.3 is 5.32 Å². The average molecular weight is 341 g/mol. The smallest absolute Gasteiger partial charge is 0.230 e. The molecule has 6 heteroatoms. The summed E-state index contributed by atoms with van der Waals surface area (Å²) in [4.78, 5) is 22.1. The molecule has 0 aliphatic rings. The van der Waals surface area contributed by atoms with E-state index < -0.39 is 0 Å². The number of amides is 1. The van der Waals surface area contributed by atoms with Gasteiger partial charge in [-0.05, 0) is 17.5 Å². The molecule has 4 nitrogen and oxygen atoms in total. The van der Waals surface area contributed by atoms with Crippen LogP contribution in [0, 0.1) is 0 Å². The first-order valence-electron chi connectivity index (χ1n) is 7.09. The molecule has 0 bridgehead atoms. The van der Waals surface area contributed by atoms with E-state index in [0.29, 0.717) is 18.1 Å².